The minimum atomic E-state index is -1.25. The number of rotatable bonds is 8. The lowest BCUT2D eigenvalue weighted by atomic mass is 9.48. The van der Waals surface area contributed by atoms with Gasteiger partial charge in [-0.3, -0.25) is 10.1 Å². The van der Waals surface area contributed by atoms with Gasteiger partial charge in [0, 0.05) is 16.9 Å². The maximum atomic E-state index is 13.8. The van der Waals surface area contributed by atoms with E-state index < -0.39 is 23.6 Å². The van der Waals surface area contributed by atoms with E-state index in [2.05, 4.69) is 15.6 Å². The summed E-state index contributed by atoms with van der Waals surface area (Å²) in [5, 5.41) is 15.2. The van der Waals surface area contributed by atoms with Crippen LogP contribution in [0.5, 0.6) is 0 Å². The number of aryl methyl sites for hydroxylation is 2. The van der Waals surface area contributed by atoms with Crippen molar-refractivity contribution in [2.45, 2.75) is 84.7 Å². The van der Waals surface area contributed by atoms with E-state index in [1.165, 1.54) is 50.7 Å². The SMILES string of the molecule is Cc1ccccc1-c1nc(C(=O)Nc2ccc(NC(=O)OC(C)(C)C)c(C(=O)O)c2)c(CCC23CC4CC(CC(C4)C2)C3)[nH]1. The summed E-state index contributed by atoms with van der Waals surface area (Å²) in [6.07, 6.45) is 9.03. The average molecular weight is 599 g/mol. The van der Waals surface area contributed by atoms with Gasteiger partial charge in [0.15, 0.2) is 0 Å². The number of aromatic amines is 1. The summed E-state index contributed by atoms with van der Waals surface area (Å²) in [6.45, 7) is 7.19. The van der Waals surface area contributed by atoms with Crippen LogP contribution in [0, 0.1) is 30.1 Å². The van der Waals surface area contributed by atoms with Gasteiger partial charge in [-0.2, -0.15) is 0 Å². The predicted molar refractivity (Wildman–Crippen MR) is 169 cm³/mol. The molecule has 0 radical (unpaired) electrons. The number of imidazole rings is 1. The first-order valence-electron chi connectivity index (χ1n) is 15.7. The van der Waals surface area contributed by atoms with Gasteiger partial charge < -0.3 is 20.1 Å². The van der Waals surface area contributed by atoms with Gasteiger partial charge in [0.25, 0.3) is 5.91 Å². The van der Waals surface area contributed by atoms with Crippen molar-refractivity contribution in [3.8, 4) is 11.4 Å². The number of aromatic carboxylic acids is 1. The maximum absolute atomic E-state index is 13.8. The van der Waals surface area contributed by atoms with Crippen LogP contribution in [0.15, 0.2) is 42.5 Å². The van der Waals surface area contributed by atoms with Crippen LogP contribution >= 0.6 is 0 Å². The normalized spacial score (nSPS) is 23.8. The van der Waals surface area contributed by atoms with Crippen LogP contribution in [0.3, 0.4) is 0 Å². The second-order valence-corrected chi connectivity index (χ2v) is 14.3. The monoisotopic (exact) mass is 598 g/mol. The van der Waals surface area contributed by atoms with Gasteiger partial charge >= 0.3 is 12.1 Å². The first-order chi connectivity index (χ1) is 20.9. The second-order valence-electron chi connectivity index (χ2n) is 14.3. The van der Waals surface area contributed by atoms with Crippen molar-refractivity contribution in [1.29, 1.82) is 0 Å². The minimum Gasteiger partial charge on any atom is -0.478 e. The number of nitrogens with zero attached hydrogens (tertiary/aromatic N) is 1. The molecule has 4 bridgehead atoms. The number of carboxylic acid groups (broad SMARTS) is 1. The maximum Gasteiger partial charge on any atom is 0.412 e. The van der Waals surface area contributed by atoms with Crippen molar-refractivity contribution >= 4 is 29.3 Å². The Labute approximate surface area is 258 Å². The molecule has 9 heteroatoms. The zero-order chi connectivity index (χ0) is 31.2. The molecule has 0 saturated heterocycles. The predicted octanol–water partition coefficient (Wildman–Crippen LogP) is 7.83. The van der Waals surface area contributed by atoms with E-state index >= 15 is 0 Å². The van der Waals surface area contributed by atoms with Gasteiger partial charge in [-0.25, -0.2) is 14.6 Å². The number of hydrogen-bond acceptors (Lipinski definition) is 5. The molecule has 2 aromatic carbocycles. The lowest BCUT2D eigenvalue weighted by Gasteiger charge is -2.57. The molecule has 0 spiro atoms. The van der Waals surface area contributed by atoms with E-state index in [0.717, 1.165) is 47.4 Å². The molecule has 0 atom stereocenters. The van der Waals surface area contributed by atoms with Gasteiger partial charge in [0.1, 0.15) is 17.1 Å². The Hall–Kier alpha value is -4.14. The first kappa shape index (κ1) is 29.9. The molecule has 0 unspecified atom stereocenters. The van der Waals surface area contributed by atoms with Crippen molar-refractivity contribution in [2.75, 3.05) is 10.6 Å². The van der Waals surface area contributed by atoms with Crippen LogP contribution in [0.1, 0.15) is 97.8 Å². The fraction of sp³-hybridized carbons (Fsp3) is 0.486. The van der Waals surface area contributed by atoms with Crippen molar-refractivity contribution in [2.24, 2.45) is 23.2 Å². The molecule has 4 N–H and O–H groups in total. The largest absolute Gasteiger partial charge is 0.478 e. The molecule has 1 aromatic heterocycles. The van der Waals surface area contributed by atoms with Gasteiger partial charge in [-0.1, -0.05) is 24.3 Å². The highest BCUT2D eigenvalue weighted by atomic mass is 16.6. The zero-order valence-electron chi connectivity index (χ0n) is 26.0. The highest BCUT2D eigenvalue weighted by Crippen LogP contribution is 2.61. The molecule has 4 aliphatic rings. The lowest BCUT2D eigenvalue weighted by molar-refractivity contribution is -0.0570. The quantitative estimate of drug-likeness (QED) is 0.209. The molecule has 1 heterocycles. The molecule has 44 heavy (non-hydrogen) atoms. The second kappa shape index (κ2) is 11.4. The van der Waals surface area contributed by atoms with Crippen LogP contribution in [-0.2, 0) is 11.2 Å². The van der Waals surface area contributed by atoms with E-state index in [9.17, 15) is 19.5 Å². The Morgan fingerprint density at radius 3 is 2.27 bits per heavy atom. The van der Waals surface area contributed by atoms with Gasteiger partial charge in [-0.05, 0) is 126 Å². The van der Waals surface area contributed by atoms with E-state index in [4.69, 9.17) is 9.72 Å². The highest BCUT2D eigenvalue weighted by Gasteiger charge is 2.50. The fourth-order valence-corrected chi connectivity index (χ4v) is 8.24. The molecule has 9 nitrogen and oxygen atoms in total. The molecule has 4 fully saturated rings. The van der Waals surface area contributed by atoms with Gasteiger partial charge in [0.2, 0.25) is 0 Å². The van der Waals surface area contributed by atoms with Crippen LogP contribution < -0.4 is 10.6 Å². The summed E-state index contributed by atoms with van der Waals surface area (Å²) < 4.78 is 5.26. The molecular formula is C35H42N4O5. The molecule has 2 amide bonds. The smallest absolute Gasteiger partial charge is 0.412 e. The number of H-pyrrole nitrogens is 1. The standard InChI is InChI=1S/C35H42N4O5/c1-20-7-5-6-8-25(20)30-37-28(11-12-35-17-21-13-22(18-35)15-23(14-21)19-35)29(39-30)31(40)36-24-9-10-27(26(16-24)32(41)42)38-33(43)44-34(2,3)4/h5-10,16,21-23H,11-15,17-19H2,1-4H3,(H,36,40)(H,37,39)(H,38,43)(H,41,42). The summed E-state index contributed by atoms with van der Waals surface area (Å²) in [5.74, 6) is 1.55. The van der Waals surface area contributed by atoms with Gasteiger partial charge in [-0.15, -0.1) is 0 Å². The highest BCUT2D eigenvalue weighted by molar-refractivity contribution is 6.06. The van der Waals surface area contributed by atoms with Crippen molar-refractivity contribution in [3.05, 3.63) is 65.0 Å². The van der Waals surface area contributed by atoms with E-state index in [0.29, 0.717) is 16.9 Å². The molecule has 3 aromatic rings. The summed E-state index contributed by atoms with van der Waals surface area (Å²) in [7, 11) is 0. The van der Waals surface area contributed by atoms with Crippen LogP contribution in [0.4, 0.5) is 16.2 Å². The molecule has 4 aliphatic carbocycles. The van der Waals surface area contributed by atoms with E-state index in [1.54, 1.807) is 26.8 Å². The Morgan fingerprint density at radius 1 is 1.00 bits per heavy atom. The van der Waals surface area contributed by atoms with E-state index in [1.807, 2.05) is 31.2 Å². The summed E-state index contributed by atoms with van der Waals surface area (Å²) >= 11 is 0. The van der Waals surface area contributed by atoms with Crippen LogP contribution in [0.25, 0.3) is 11.4 Å². The van der Waals surface area contributed by atoms with Crippen molar-refractivity contribution < 1.29 is 24.2 Å². The summed E-state index contributed by atoms with van der Waals surface area (Å²) in [5.41, 5.74) is 2.92. The summed E-state index contributed by atoms with van der Waals surface area (Å²) in [6, 6.07) is 12.3. The fourth-order valence-electron chi connectivity index (χ4n) is 8.24. The number of anilines is 2. The minimum absolute atomic E-state index is 0.0719. The number of carboxylic acids is 1. The topological polar surface area (TPSA) is 133 Å². The Bertz CT molecular complexity index is 1570. The number of benzene rings is 2. The van der Waals surface area contributed by atoms with E-state index in [-0.39, 0.29) is 16.9 Å². The van der Waals surface area contributed by atoms with Crippen molar-refractivity contribution in [1.82, 2.24) is 9.97 Å². The summed E-state index contributed by atoms with van der Waals surface area (Å²) in [4.78, 5) is 46.4. The third-order valence-corrected chi connectivity index (χ3v) is 9.61. The molecular weight excluding hydrogens is 556 g/mol. The number of amides is 2. The number of carbonyl (C=O) groups excluding carboxylic acids is 2. The Balaban J connectivity index is 1.25. The molecule has 232 valence electrons. The number of carbonyl (C=O) groups is 3. The third kappa shape index (κ3) is 6.37. The van der Waals surface area contributed by atoms with Crippen molar-refractivity contribution in [3.63, 3.8) is 0 Å². The molecule has 4 saturated carbocycles. The Morgan fingerprint density at radius 2 is 1.66 bits per heavy atom. The lowest BCUT2D eigenvalue weighted by Crippen LogP contribution is -2.46. The van der Waals surface area contributed by atoms with Crippen LogP contribution in [-0.4, -0.2) is 38.6 Å². The Kier molecular flexibility index (Phi) is 7.76. The zero-order valence-corrected chi connectivity index (χ0v) is 26.0. The molecule has 0 aliphatic heterocycles. The number of hydrogen-bond donors (Lipinski definition) is 4. The number of ether oxygens (including phenoxy) is 1. The average Bonchev–Trinajstić information content (AvgIpc) is 3.35. The van der Waals surface area contributed by atoms with Crippen LogP contribution in [0.2, 0.25) is 0 Å². The first-order valence-corrected chi connectivity index (χ1v) is 15.7. The number of aromatic nitrogens is 2. The molecule has 7 rings (SSSR count). The number of nitrogens with one attached hydrogen (secondary N) is 3. The van der Waals surface area contributed by atoms with Gasteiger partial charge in [0.05, 0.1) is 11.3 Å². The third-order valence-electron chi connectivity index (χ3n) is 9.61.